The maximum Gasteiger partial charge on any atom is 0.142 e. The molecule has 0 N–H and O–H groups in total. The predicted octanol–water partition coefficient (Wildman–Crippen LogP) is 5.19. The first-order chi connectivity index (χ1) is 11.5. The minimum Gasteiger partial charge on any atom is -0.206 e. The summed E-state index contributed by atoms with van der Waals surface area (Å²) in [6, 6.07) is 7.86. The molecule has 1 nitrogen and oxygen atoms in total. The highest BCUT2D eigenvalue weighted by atomic mass is 19.1. The normalized spacial score (nSPS) is 10.3. The molecule has 2 rings (SSSR count). The summed E-state index contributed by atoms with van der Waals surface area (Å²) >= 11 is 0. The molecule has 2 aromatic carbocycles. The van der Waals surface area contributed by atoms with Crippen molar-refractivity contribution in [2.24, 2.45) is 0 Å². The molecule has 0 bridgehead atoms. The summed E-state index contributed by atoms with van der Waals surface area (Å²) in [7, 11) is 0. The van der Waals surface area contributed by atoms with Crippen LogP contribution in [-0.4, -0.2) is 0 Å². The maximum atomic E-state index is 14.0. The van der Waals surface area contributed by atoms with Crippen molar-refractivity contribution in [2.45, 2.75) is 19.8 Å². The van der Waals surface area contributed by atoms with Gasteiger partial charge in [0.15, 0.2) is 0 Å². The van der Waals surface area contributed by atoms with Crippen molar-refractivity contribution in [3.8, 4) is 17.9 Å². The average molecular weight is 325 g/mol. The van der Waals surface area contributed by atoms with Crippen LogP contribution in [0.5, 0.6) is 0 Å². The van der Waals surface area contributed by atoms with E-state index in [1.54, 1.807) is 12.1 Å². The number of halogens is 3. The van der Waals surface area contributed by atoms with E-state index in [1.807, 2.05) is 13.0 Å². The number of nitrogens with zero attached hydrogens (tertiary/aromatic N) is 1. The van der Waals surface area contributed by atoms with Gasteiger partial charge in [0.05, 0.1) is 11.1 Å². The van der Waals surface area contributed by atoms with Crippen molar-refractivity contribution in [2.75, 3.05) is 0 Å². The smallest absolute Gasteiger partial charge is 0.142 e. The Hall–Kier alpha value is -2.98. The fraction of sp³-hybridized carbons (Fsp3) is 0.150. The van der Waals surface area contributed by atoms with E-state index in [-0.39, 0.29) is 16.7 Å². The Bertz CT molecular complexity index is 857. The zero-order chi connectivity index (χ0) is 17.5. The van der Waals surface area contributed by atoms with Gasteiger partial charge in [-0.05, 0) is 42.3 Å². The fourth-order valence-electron chi connectivity index (χ4n) is 2.01. The van der Waals surface area contributed by atoms with Gasteiger partial charge in [-0.1, -0.05) is 37.3 Å². The molecule has 0 unspecified atom stereocenters. The minimum atomic E-state index is -0.771. The van der Waals surface area contributed by atoms with Gasteiger partial charge in [-0.15, -0.1) is 0 Å². The first-order valence-electron chi connectivity index (χ1n) is 7.42. The third-order valence-electron chi connectivity index (χ3n) is 3.25. The van der Waals surface area contributed by atoms with Crippen LogP contribution < -0.4 is 0 Å². The van der Waals surface area contributed by atoms with Crippen LogP contribution in [0.4, 0.5) is 13.2 Å². The molecule has 0 saturated heterocycles. The van der Waals surface area contributed by atoms with E-state index < -0.39 is 17.5 Å². The fourth-order valence-corrected chi connectivity index (χ4v) is 2.01. The topological polar surface area (TPSA) is 23.8 Å². The van der Waals surface area contributed by atoms with Crippen molar-refractivity contribution in [1.29, 1.82) is 5.26 Å². The molecule has 120 valence electrons. The van der Waals surface area contributed by atoms with Crippen LogP contribution in [0.2, 0.25) is 0 Å². The Labute approximate surface area is 139 Å². The zero-order valence-corrected chi connectivity index (χ0v) is 13.0. The molecule has 0 saturated carbocycles. The summed E-state index contributed by atoms with van der Waals surface area (Å²) in [6.45, 7) is 2.01. The van der Waals surface area contributed by atoms with E-state index in [0.29, 0.717) is 5.56 Å². The monoisotopic (exact) mass is 325 g/mol. The van der Waals surface area contributed by atoms with Crippen molar-refractivity contribution in [3.05, 3.63) is 76.1 Å². The van der Waals surface area contributed by atoms with E-state index >= 15 is 0 Å². The van der Waals surface area contributed by atoms with Gasteiger partial charge >= 0.3 is 0 Å². The highest BCUT2D eigenvalue weighted by molar-refractivity contribution is 5.54. The van der Waals surface area contributed by atoms with E-state index in [2.05, 4.69) is 11.8 Å². The number of allylic oxidation sites excluding steroid dienone is 1. The van der Waals surface area contributed by atoms with Gasteiger partial charge < -0.3 is 0 Å². The van der Waals surface area contributed by atoms with Gasteiger partial charge in [0.25, 0.3) is 0 Å². The van der Waals surface area contributed by atoms with Gasteiger partial charge in [-0.25, -0.2) is 13.2 Å². The molecule has 2 aromatic rings. The Kier molecular flexibility index (Phi) is 5.82. The van der Waals surface area contributed by atoms with Crippen molar-refractivity contribution >= 4 is 6.08 Å². The molecule has 0 radical (unpaired) electrons. The second-order valence-corrected chi connectivity index (χ2v) is 5.11. The third-order valence-corrected chi connectivity index (χ3v) is 3.25. The highest BCUT2D eigenvalue weighted by Gasteiger charge is 2.08. The second-order valence-electron chi connectivity index (χ2n) is 5.11. The highest BCUT2D eigenvalue weighted by Crippen LogP contribution is 2.16. The summed E-state index contributed by atoms with van der Waals surface area (Å²) in [5.74, 6) is 2.63. The van der Waals surface area contributed by atoms with E-state index in [4.69, 9.17) is 5.26 Å². The van der Waals surface area contributed by atoms with Crippen LogP contribution in [0.15, 0.2) is 36.4 Å². The van der Waals surface area contributed by atoms with E-state index in [0.717, 1.165) is 18.9 Å². The molecule has 0 spiro atoms. The van der Waals surface area contributed by atoms with Crippen LogP contribution in [0.25, 0.3) is 6.08 Å². The molecule has 0 amide bonds. The summed E-state index contributed by atoms with van der Waals surface area (Å²) in [5, 5.41) is 8.66. The van der Waals surface area contributed by atoms with Crippen LogP contribution in [0, 0.1) is 40.6 Å². The Morgan fingerprint density at radius 1 is 1.00 bits per heavy atom. The number of hydrogen-bond donors (Lipinski definition) is 0. The molecule has 24 heavy (non-hydrogen) atoms. The number of benzene rings is 2. The number of unbranched alkanes of at least 4 members (excludes halogenated alkanes) is 1. The standard InChI is InChI=1S/C20H14F3N/c1-2-3-4-5-15-11-19(22)17(20(23)12-15)9-7-14-6-8-16(13-24)18(21)10-14/h4-6,8,10-12H,2-3H2,1H3. The zero-order valence-electron chi connectivity index (χ0n) is 13.0. The quantitative estimate of drug-likeness (QED) is 0.713. The Morgan fingerprint density at radius 2 is 1.71 bits per heavy atom. The van der Waals surface area contributed by atoms with Crippen molar-refractivity contribution in [1.82, 2.24) is 0 Å². The number of nitriles is 1. The molecule has 0 aliphatic carbocycles. The van der Waals surface area contributed by atoms with Crippen molar-refractivity contribution in [3.63, 3.8) is 0 Å². The second kappa shape index (κ2) is 8.04. The molecular formula is C20H14F3N. The summed E-state index contributed by atoms with van der Waals surface area (Å²) in [5.41, 5.74) is 0.180. The average Bonchev–Trinajstić information content (AvgIpc) is 2.54. The van der Waals surface area contributed by atoms with E-state index in [9.17, 15) is 13.2 Å². The Morgan fingerprint density at radius 3 is 2.29 bits per heavy atom. The van der Waals surface area contributed by atoms with Gasteiger partial charge in [0.2, 0.25) is 0 Å². The van der Waals surface area contributed by atoms with Gasteiger partial charge in [0, 0.05) is 5.56 Å². The lowest BCUT2D eigenvalue weighted by Crippen LogP contribution is -1.92. The van der Waals surface area contributed by atoms with Crippen molar-refractivity contribution < 1.29 is 13.2 Å². The SMILES string of the molecule is CCCC=Cc1cc(F)c(C#Cc2ccc(C#N)c(F)c2)c(F)c1. The first kappa shape index (κ1) is 17.4. The lowest BCUT2D eigenvalue weighted by molar-refractivity contribution is 0.577. The third kappa shape index (κ3) is 4.27. The minimum absolute atomic E-state index is 0.110. The lowest BCUT2D eigenvalue weighted by atomic mass is 10.1. The van der Waals surface area contributed by atoms with Gasteiger partial charge in [-0.2, -0.15) is 5.26 Å². The Balaban J connectivity index is 2.31. The molecule has 0 heterocycles. The molecule has 0 aliphatic rings. The molecule has 0 aliphatic heterocycles. The molecule has 0 fully saturated rings. The molecule has 4 heteroatoms. The van der Waals surface area contributed by atoms with Crippen LogP contribution in [0.3, 0.4) is 0 Å². The predicted molar refractivity (Wildman–Crippen MR) is 87.4 cm³/mol. The summed E-state index contributed by atoms with van der Waals surface area (Å²) in [6.07, 6.45) is 5.28. The molecule has 0 atom stereocenters. The molecular weight excluding hydrogens is 311 g/mol. The largest absolute Gasteiger partial charge is 0.206 e. The van der Waals surface area contributed by atoms with Gasteiger partial charge in [0.1, 0.15) is 23.5 Å². The number of rotatable bonds is 3. The lowest BCUT2D eigenvalue weighted by Gasteiger charge is -2.00. The summed E-state index contributed by atoms with van der Waals surface area (Å²) in [4.78, 5) is 0. The van der Waals surface area contributed by atoms with Crippen LogP contribution in [0.1, 0.15) is 42.0 Å². The number of hydrogen-bond acceptors (Lipinski definition) is 1. The summed E-state index contributed by atoms with van der Waals surface area (Å²) < 4.78 is 41.5. The first-order valence-corrected chi connectivity index (χ1v) is 7.42. The van der Waals surface area contributed by atoms with E-state index in [1.165, 1.54) is 24.3 Å². The molecule has 0 aromatic heterocycles. The van der Waals surface area contributed by atoms with Crippen LogP contribution >= 0.6 is 0 Å². The van der Waals surface area contributed by atoms with Gasteiger partial charge in [-0.3, -0.25) is 0 Å². The maximum absolute atomic E-state index is 14.0. The van der Waals surface area contributed by atoms with Crippen LogP contribution in [-0.2, 0) is 0 Å².